The highest BCUT2D eigenvalue weighted by atomic mass is 32.1. The van der Waals surface area contributed by atoms with E-state index >= 15 is 0 Å². The zero-order chi connectivity index (χ0) is 23.6. The van der Waals surface area contributed by atoms with E-state index in [9.17, 15) is 22.8 Å². The van der Waals surface area contributed by atoms with Crippen LogP contribution in [0.4, 0.5) is 13.2 Å². The fourth-order valence-corrected chi connectivity index (χ4v) is 4.75. The topological polar surface area (TPSA) is 78.0 Å². The van der Waals surface area contributed by atoms with Crippen molar-refractivity contribution in [3.63, 3.8) is 0 Å². The average Bonchev–Trinajstić information content (AvgIpc) is 3.35. The van der Waals surface area contributed by atoms with Gasteiger partial charge in [0.25, 0.3) is 0 Å². The largest absolute Gasteiger partial charge is 0.492 e. The molecule has 1 saturated heterocycles. The summed E-state index contributed by atoms with van der Waals surface area (Å²) in [6.07, 6.45) is -3.88. The third-order valence-corrected chi connectivity index (χ3v) is 6.79. The van der Waals surface area contributed by atoms with E-state index in [2.05, 4.69) is 9.72 Å². The lowest BCUT2D eigenvalue weighted by atomic mass is 9.74. The summed E-state index contributed by atoms with van der Waals surface area (Å²) in [5.74, 6) is -2.15. The van der Waals surface area contributed by atoms with E-state index in [1.54, 1.807) is 11.3 Å². The van der Waals surface area contributed by atoms with E-state index in [4.69, 9.17) is 9.47 Å². The molecule has 3 heterocycles. The first-order valence-corrected chi connectivity index (χ1v) is 11.4. The lowest BCUT2D eigenvalue weighted by Crippen LogP contribution is -2.44. The molecule has 0 atom stereocenters. The number of aryl methyl sites for hydroxylation is 1. The molecule has 2 aliphatic rings. The minimum absolute atomic E-state index is 0.136. The number of fused-ring (bicyclic) bond motifs is 2. The van der Waals surface area contributed by atoms with Gasteiger partial charge in [0.05, 0.1) is 23.7 Å². The van der Waals surface area contributed by atoms with Gasteiger partial charge >= 0.3 is 18.1 Å². The van der Waals surface area contributed by atoms with Gasteiger partial charge in [-0.25, -0.2) is 9.78 Å². The Hall–Kier alpha value is -2.66. The van der Waals surface area contributed by atoms with Crippen LogP contribution in [-0.4, -0.2) is 54.2 Å². The summed E-state index contributed by atoms with van der Waals surface area (Å²) in [7, 11) is 0. The molecule has 33 heavy (non-hydrogen) atoms. The first kappa shape index (κ1) is 23.5. The number of aromatic nitrogens is 1. The molecule has 7 nitrogen and oxygen atoms in total. The fourth-order valence-electron chi connectivity index (χ4n) is 4.16. The van der Waals surface area contributed by atoms with Crippen molar-refractivity contribution >= 4 is 23.3 Å². The Morgan fingerprint density at radius 3 is 2.70 bits per heavy atom. The van der Waals surface area contributed by atoms with E-state index in [1.165, 1.54) is 0 Å². The molecule has 1 spiro atoms. The highest BCUT2D eigenvalue weighted by molar-refractivity contribution is 7.09. The molecular formula is C22H23F3N2O5S. The van der Waals surface area contributed by atoms with Gasteiger partial charge in [-0.1, -0.05) is 6.07 Å². The monoisotopic (exact) mass is 484 g/mol. The number of rotatable bonds is 6. The van der Waals surface area contributed by atoms with Gasteiger partial charge in [0.15, 0.2) is 0 Å². The van der Waals surface area contributed by atoms with Crippen LogP contribution in [0.2, 0.25) is 0 Å². The van der Waals surface area contributed by atoms with E-state index in [-0.39, 0.29) is 18.4 Å². The lowest BCUT2D eigenvalue weighted by Gasteiger charge is -2.38. The van der Waals surface area contributed by atoms with Gasteiger partial charge in [-0.2, -0.15) is 13.2 Å². The summed E-state index contributed by atoms with van der Waals surface area (Å²) in [5.41, 5.74) is 1.87. The van der Waals surface area contributed by atoms with Crippen LogP contribution in [0.3, 0.4) is 0 Å². The summed E-state index contributed by atoms with van der Waals surface area (Å²) < 4.78 is 52.2. The molecule has 11 heteroatoms. The predicted octanol–water partition coefficient (Wildman–Crippen LogP) is 3.78. The first-order valence-electron chi connectivity index (χ1n) is 10.5. The zero-order valence-electron chi connectivity index (χ0n) is 17.9. The van der Waals surface area contributed by atoms with E-state index in [1.807, 2.05) is 35.4 Å². The standard InChI is InChI=1S/C22H23F3N2O5S/c1-14-26-15(12-33-14)11-30-16-2-3-17-18(10-16)31-13-21(17)5-8-27(9-6-21)7-4-19(28)32-20(29)22(23,24)25/h2-3,10,12H,4-9,11,13H2,1H3. The van der Waals surface area contributed by atoms with Gasteiger partial charge in [-0.05, 0) is 38.9 Å². The normalized spacial score (nSPS) is 17.5. The Bertz CT molecular complexity index is 1030. The third-order valence-electron chi connectivity index (χ3n) is 5.96. The maximum absolute atomic E-state index is 12.2. The summed E-state index contributed by atoms with van der Waals surface area (Å²) in [5, 5.41) is 2.96. The lowest BCUT2D eigenvalue weighted by molar-refractivity contribution is -0.201. The average molecular weight is 484 g/mol. The van der Waals surface area contributed by atoms with Crippen molar-refractivity contribution in [2.75, 3.05) is 26.2 Å². The van der Waals surface area contributed by atoms with Crippen LogP contribution in [0.25, 0.3) is 0 Å². The Morgan fingerprint density at radius 1 is 1.27 bits per heavy atom. The minimum atomic E-state index is -5.17. The Labute approximate surface area is 192 Å². The molecule has 0 radical (unpaired) electrons. The molecule has 0 aliphatic carbocycles. The van der Waals surface area contributed by atoms with Gasteiger partial charge in [-0.15, -0.1) is 11.3 Å². The molecule has 0 N–H and O–H groups in total. The predicted molar refractivity (Wildman–Crippen MR) is 112 cm³/mol. The molecule has 1 fully saturated rings. The molecule has 178 valence electrons. The summed E-state index contributed by atoms with van der Waals surface area (Å²) in [6.45, 7) is 4.43. The Kier molecular flexibility index (Phi) is 6.62. The third kappa shape index (κ3) is 5.47. The smallest absolute Gasteiger partial charge is 0.491 e. The van der Waals surface area contributed by atoms with Crippen LogP contribution in [0, 0.1) is 6.92 Å². The van der Waals surface area contributed by atoms with Crippen LogP contribution < -0.4 is 9.47 Å². The highest BCUT2D eigenvalue weighted by Gasteiger charge is 2.44. The number of hydrogen-bond donors (Lipinski definition) is 0. The van der Waals surface area contributed by atoms with Crippen LogP contribution in [-0.2, 0) is 26.3 Å². The molecule has 0 saturated carbocycles. The van der Waals surface area contributed by atoms with Crippen molar-refractivity contribution in [2.24, 2.45) is 0 Å². The quantitative estimate of drug-likeness (QED) is 0.456. The molecule has 2 aliphatic heterocycles. The number of alkyl halides is 3. The van der Waals surface area contributed by atoms with Crippen molar-refractivity contribution in [3.05, 3.63) is 39.8 Å². The molecule has 0 amide bonds. The van der Waals surface area contributed by atoms with Crippen molar-refractivity contribution < 1.29 is 37.0 Å². The highest BCUT2D eigenvalue weighted by Crippen LogP contribution is 2.46. The van der Waals surface area contributed by atoms with Crippen molar-refractivity contribution in [1.29, 1.82) is 0 Å². The number of ether oxygens (including phenoxy) is 3. The van der Waals surface area contributed by atoms with Crippen LogP contribution in [0.5, 0.6) is 11.5 Å². The molecular weight excluding hydrogens is 461 g/mol. The Balaban J connectivity index is 1.28. The number of halogens is 3. The van der Waals surface area contributed by atoms with E-state index in [0.717, 1.165) is 34.9 Å². The number of hydrogen-bond acceptors (Lipinski definition) is 8. The van der Waals surface area contributed by atoms with Gasteiger partial charge in [-0.3, -0.25) is 4.79 Å². The van der Waals surface area contributed by atoms with E-state index in [0.29, 0.717) is 32.1 Å². The van der Waals surface area contributed by atoms with Crippen molar-refractivity contribution in [3.8, 4) is 11.5 Å². The molecule has 0 unspecified atom stereocenters. The number of esters is 2. The number of benzene rings is 1. The van der Waals surface area contributed by atoms with Crippen LogP contribution >= 0.6 is 11.3 Å². The van der Waals surface area contributed by atoms with Gasteiger partial charge in [0.1, 0.15) is 18.1 Å². The maximum atomic E-state index is 12.2. The molecule has 1 aromatic heterocycles. The van der Waals surface area contributed by atoms with Crippen molar-refractivity contribution in [2.45, 2.75) is 44.4 Å². The second-order valence-electron chi connectivity index (χ2n) is 8.22. The van der Waals surface area contributed by atoms with Crippen LogP contribution in [0.1, 0.15) is 35.5 Å². The number of nitrogens with zero attached hydrogens (tertiary/aromatic N) is 2. The number of carbonyl (C=O) groups is 2. The molecule has 0 bridgehead atoms. The van der Waals surface area contributed by atoms with Gasteiger partial charge in [0, 0.05) is 29.0 Å². The Morgan fingerprint density at radius 2 is 2.03 bits per heavy atom. The van der Waals surface area contributed by atoms with Gasteiger partial charge in [0.2, 0.25) is 0 Å². The molecule has 1 aromatic carbocycles. The number of piperidine rings is 1. The molecule has 2 aromatic rings. The summed E-state index contributed by atoms with van der Waals surface area (Å²) in [4.78, 5) is 28.6. The fraction of sp³-hybridized carbons (Fsp3) is 0.500. The van der Waals surface area contributed by atoms with Crippen LogP contribution in [0.15, 0.2) is 23.6 Å². The van der Waals surface area contributed by atoms with E-state index < -0.39 is 18.1 Å². The molecule has 4 rings (SSSR count). The van der Waals surface area contributed by atoms with Crippen molar-refractivity contribution in [1.82, 2.24) is 9.88 Å². The SMILES string of the molecule is Cc1nc(COc2ccc3c(c2)OCC32CCN(CCC(=O)OC(=O)C(F)(F)F)CC2)cs1. The number of thiazole rings is 1. The van der Waals surface area contributed by atoms with Gasteiger partial charge < -0.3 is 19.1 Å². The second kappa shape index (κ2) is 9.30. The minimum Gasteiger partial charge on any atom is -0.492 e. The maximum Gasteiger partial charge on any atom is 0.491 e. The number of likely N-dealkylation sites (tertiary alicyclic amines) is 1. The summed E-state index contributed by atoms with van der Waals surface area (Å²) in [6, 6.07) is 5.84. The second-order valence-corrected chi connectivity index (χ2v) is 9.29. The number of carbonyl (C=O) groups excluding carboxylic acids is 2. The first-order chi connectivity index (χ1) is 15.6. The zero-order valence-corrected chi connectivity index (χ0v) is 18.8. The summed E-state index contributed by atoms with van der Waals surface area (Å²) >= 11 is 1.58.